The van der Waals surface area contributed by atoms with Crippen LogP contribution in [0.5, 0.6) is 0 Å². The quantitative estimate of drug-likeness (QED) is 0.459. The van der Waals surface area contributed by atoms with Gasteiger partial charge in [0, 0.05) is 22.4 Å². The summed E-state index contributed by atoms with van der Waals surface area (Å²) in [6, 6.07) is 9.07. The molecule has 1 fully saturated rings. The first-order chi connectivity index (χ1) is 14.2. The summed E-state index contributed by atoms with van der Waals surface area (Å²) in [5.74, 6) is -0.299. The average molecular weight is 424 g/mol. The van der Waals surface area contributed by atoms with Gasteiger partial charge in [-0.25, -0.2) is 9.97 Å². The Morgan fingerprint density at radius 1 is 1.10 bits per heavy atom. The lowest BCUT2D eigenvalue weighted by Gasteiger charge is -2.22. The first kappa shape index (κ1) is 18.8. The molecule has 1 aliphatic carbocycles. The number of imide groups is 1. The average Bonchev–Trinajstić information content (AvgIpc) is 3.29. The Balaban J connectivity index is 1.45. The van der Waals surface area contributed by atoms with E-state index in [0.29, 0.717) is 12.1 Å². The van der Waals surface area contributed by atoms with Crippen LogP contribution < -0.4 is 0 Å². The van der Waals surface area contributed by atoms with Crippen LogP contribution in [0.2, 0.25) is 0 Å². The molecule has 0 N–H and O–H groups in total. The second-order valence-electron chi connectivity index (χ2n) is 7.48. The number of carbonyl (C=O) groups excluding carboxylic acids is 2. The van der Waals surface area contributed by atoms with Gasteiger partial charge in [0.25, 0.3) is 5.91 Å². The number of rotatable bonds is 3. The molecule has 5 rings (SSSR count). The number of hydrogen-bond donors (Lipinski definition) is 0. The fourth-order valence-electron chi connectivity index (χ4n) is 4.18. The lowest BCUT2D eigenvalue weighted by molar-refractivity contribution is -0.127. The zero-order valence-corrected chi connectivity index (χ0v) is 17.6. The third-order valence-electron chi connectivity index (χ3n) is 5.63. The minimum atomic E-state index is -0.291. The molecule has 0 bridgehead atoms. The Labute approximate surface area is 177 Å². The summed E-state index contributed by atoms with van der Waals surface area (Å²) in [6.45, 7) is 0.483. The lowest BCUT2D eigenvalue weighted by atomic mass is 10.2. The SMILES string of the molecule is O=C(c1ccccc1)N1CCCC[C@@H](Sc2ncnc3sc4c(c23)CCC4)C1=O. The van der Waals surface area contributed by atoms with Gasteiger partial charge in [0.15, 0.2) is 0 Å². The molecule has 5 nitrogen and oxygen atoms in total. The van der Waals surface area contributed by atoms with E-state index in [4.69, 9.17) is 0 Å². The van der Waals surface area contributed by atoms with Crippen LogP contribution in [0.3, 0.4) is 0 Å². The number of thiophene rings is 1. The van der Waals surface area contributed by atoms with Crippen molar-refractivity contribution in [2.75, 3.05) is 6.54 Å². The van der Waals surface area contributed by atoms with E-state index in [2.05, 4.69) is 9.97 Å². The van der Waals surface area contributed by atoms with E-state index in [9.17, 15) is 9.59 Å². The van der Waals surface area contributed by atoms with Crippen molar-refractivity contribution < 1.29 is 9.59 Å². The minimum Gasteiger partial charge on any atom is -0.278 e. The van der Waals surface area contributed by atoms with Crippen LogP contribution in [-0.4, -0.2) is 38.5 Å². The number of aromatic nitrogens is 2. The van der Waals surface area contributed by atoms with Gasteiger partial charge in [-0.3, -0.25) is 14.5 Å². The summed E-state index contributed by atoms with van der Waals surface area (Å²) >= 11 is 3.27. The number of nitrogens with zero attached hydrogens (tertiary/aromatic N) is 3. The van der Waals surface area contributed by atoms with Gasteiger partial charge >= 0.3 is 0 Å². The maximum Gasteiger partial charge on any atom is 0.260 e. The Kier molecular flexibility index (Phi) is 5.09. The summed E-state index contributed by atoms with van der Waals surface area (Å²) in [6.07, 6.45) is 7.49. The first-order valence-electron chi connectivity index (χ1n) is 10.0. The smallest absolute Gasteiger partial charge is 0.260 e. The Bertz CT molecular complexity index is 1080. The lowest BCUT2D eigenvalue weighted by Crippen LogP contribution is -2.41. The molecular formula is C22H21N3O2S2. The molecule has 2 aliphatic rings. The van der Waals surface area contributed by atoms with Gasteiger partial charge in [-0.15, -0.1) is 11.3 Å². The van der Waals surface area contributed by atoms with Crippen LogP contribution in [0.15, 0.2) is 41.7 Å². The fraction of sp³-hybridized carbons (Fsp3) is 0.364. The molecule has 1 saturated heterocycles. The van der Waals surface area contributed by atoms with E-state index >= 15 is 0 Å². The largest absolute Gasteiger partial charge is 0.278 e. The highest BCUT2D eigenvalue weighted by atomic mass is 32.2. The van der Waals surface area contributed by atoms with Crippen molar-refractivity contribution in [3.8, 4) is 0 Å². The number of thioether (sulfide) groups is 1. The van der Waals surface area contributed by atoms with Gasteiger partial charge in [0.05, 0.1) is 5.25 Å². The first-order valence-corrected chi connectivity index (χ1v) is 11.7. The minimum absolute atomic E-state index is 0.0972. The molecule has 1 atom stereocenters. The molecule has 29 heavy (non-hydrogen) atoms. The summed E-state index contributed by atoms with van der Waals surface area (Å²) in [5, 5.41) is 1.73. The molecule has 3 heterocycles. The van der Waals surface area contributed by atoms with Gasteiger partial charge in [-0.1, -0.05) is 36.4 Å². The van der Waals surface area contributed by atoms with Gasteiger partial charge in [-0.05, 0) is 49.8 Å². The van der Waals surface area contributed by atoms with E-state index in [1.54, 1.807) is 29.8 Å². The zero-order chi connectivity index (χ0) is 19.8. The molecule has 0 spiro atoms. The molecule has 1 aromatic carbocycles. The van der Waals surface area contributed by atoms with E-state index in [0.717, 1.165) is 47.3 Å². The summed E-state index contributed by atoms with van der Waals surface area (Å²) < 4.78 is 0. The van der Waals surface area contributed by atoms with Crippen LogP contribution in [0.1, 0.15) is 46.5 Å². The number of benzene rings is 1. The molecule has 0 radical (unpaired) electrons. The highest BCUT2D eigenvalue weighted by Crippen LogP contribution is 2.42. The van der Waals surface area contributed by atoms with Crippen LogP contribution in [-0.2, 0) is 17.6 Å². The van der Waals surface area contributed by atoms with Gasteiger partial charge in [0.2, 0.25) is 5.91 Å². The fourth-order valence-corrected chi connectivity index (χ4v) is 6.70. The van der Waals surface area contributed by atoms with Crippen LogP contribution >= 0.6 is 23.1 Å². The second kappa shape index (κ2) is 7.88. The van der Waals surface area contributed by atoms with Crippen molar-refractivity contribution >= 4 is 45.1 Å². The third-order valence-corrected chi connectivity index (χ3v) is 8.08. The van der Waals surface area contributed by atoms with E-state index in [1.165, 1.54) is 33.5 Å². The van der Waals surface area contributed by atoms with Crippen molar-refractivity contribution in [2.24, 2.45) is 0 Å². The highest BCUT2D eigenvalue weighted by molar-refractivity contribution is 8.00. The molecule has 1 aliphatic heterocycles. The Morgan fingerprint density at radius 3 is 2.83 bits per heavy atom. The third kappa shape index (κ3) is 3.46. The summed E-state index contributed by atoms with van der Waals surface area (Å²) in [4.78, 5) is 39.2. The predicted molar refractivity (Wildman–Crippen MR) is 115 cm³/mol. The van der Waals surface area contributed by atoms with E-state index in [1.807, 2.05) is 18.2 Å². The van der Waals surface area contributed by atoms with Gasteiger partial charge in [0.1, 0.15) is 16.2 Å². The van der Waals surface area contributed by atoms with Crippen molar-refractivity contribution in [1.82, 2.24) is 14.9 Å². The maximum absolute atomic E-state index is 13.3. The maximum atomic E-state index is 13.3. The van der Waals surface area contributed by atoms with E-state index in [-0.39, 0.29) is 17.1 Å². The predicted octanol–water partition coefficient (Wildman–Crippen LogP) is 4.49. The number of aryl methyl sites for hydroxylation is 2. The highest BCUT2D eigenvalue weighted by Gasteiger charge is 2.33. The van der Waals surface area contributed by atoms with Crippen LogP contribution in [0.25, 0.3) is 10.2 Å². The van der Waals surface area contributed by atoms with E-state index < -0.39 is 0 Å². The molecule has 2 aromatic heterocycles. The second-order valence-corrected chi connectivity index (χ2v) is 9.75. The number of hydrogen-bond acceptors (Lipinski definition) is 6. The van der Waals surface area contributed by atoms with Crippen LogP contribution in [0.4, 0.5) is 0 Å². The summed E-state index contributed by atoms with van der Waals surface area (Å²) in [5.41, 5.74) is 1.93. The normalized spacial score (nSPS) is 19.4. The van der Waals surface area contributed by atoms with Gasteiger partial charge < -0.3 is 0 Å². The molecular weight excluding hydrogens is 402 g/mol. The zero-order valence-electron chi connectivity index (χ0n) is 16.0. The Hall–Kier alpha value is -2.25. The molecule has 148 valence electrons. The van der Waals surface area contributed by atoms with Crippen molar-refractivity contribution in [2.45, 2.75) is 48.8 Å². The molecule has 2 amide bonds. The molecule has 0 saturated carbocycles. The number of fused-ring (bicyclic) bond motifs is 3. The van der Waals surface area contributed by atoms with Crippen molar-refractivity contribution in [3.63, 3.8) is 0 Å². The standard InChI is InChI=1S/C22H21N3O2S2/c26-21(14-7-2-1-3-8-14)25-12-5-4-10-17(22(25)27)29-20-18-15-9-6-11-16(15)28-19(18)23-13-24-20/h1-3,7-8,13,17H,4-6,9-12H2/t17-/m1/s1. The number of likely N-dealkylation sites (tertiary alicyclic amines) is 1. The summed E-state index contributed by atoms with van der Waals surface area (Å²) in [7, 11) is 0. The Morgan fingerprint density at radius 2 is 1.97 bits per heavy atom. The monoisotopic (exact) mass is 423 g/mol. The van der Waals surface area contributed by atoms with Crippen LogP contribution in [0, 0.1) is 0 Å². The molecule has 7 heteroatoms. The van der Waals surface area contributed by atoms with Crippen molar-refractivity contribution in [1.29, 1.82) is 0 Å². The molecule has 0 unspecified atom stereocenters. The number of carbonyl (C=O) groups is 2. The van der Waals surface area contributed by atoms with Gasteiger partial charge in [-0.2, -0.15) is 0 Å². The van der Waals surface area contributed by atoms with Crippen molar-refractivity contribution in [3.05, 3.63) is 52.7 Å². The topological polar surface area (TPSA) is 63.2 Å². The number of amides is 2. The molecule has 3 aromatic rings.